The highest BCUT2D eigenvalue weighted by molar-refractivity contribution is 9.11. The minimum atomic E-state index is -0.0104. The molecule has 0 saturated carbocycles. The first-order chi connectivity index (χ1) is 6.13. The molecule has 0 aliphatic rings. The first kappa shape index (κ1) is 10.7. The van der Waals surface area contributed by atoms with Crippen LogP contribution in [0.1, 0.15) is 31.2 Å². The lowest BCUT2D eigenvalue weighted by Crippen LogP contribution is -2.05. The van der Waals surface area contributed by atoms with E-state index < -0.39 is 0 Å². The minimum absolute atomic E-state index is 0.0104. The standard InChI is InChI=1S/C9H12BrNOS/c1-3-9(11)12-6(2)7-4-5-8(10)13-7/h4-6,11H,3H2,1-2H3. The molecule has 72 valence electrons. The van der Waals surface area contributed by atoms with Crippen LogP contribution in [0.15, 0.2) is 15.9 Å². The van der Waals surface area contributed by atoms with Crippen molar-refractivity contribution in [2.75, 3.05) is 0 Å². The van der Waals surface area contributed by atoms with Crippen molar-refractivity contribution in [2.24, 2.45) is 0 Å². The quantitative estimate of drug-likeness (QED) is 0.648. The van der Waals surface area contributed by atoms with Gasteiger partial charge in [0.2, 0.25) is 0 Å². The zero-order chi connectivity index (χ0) is 9.84. The molecule has 0 radical (unpaired) electrons. The molecule has 1 N–H and O–H groups in total. The highest BCUT2D eigenvalue weighted by atomic mass is 79.9. The Bertz CT molecular complexity index is 298. The van der Waals surface area contributed by atoms with Crippen LogP contribution in [-0.4, -0.2) is 5.90 Å². The summed E-state index contributed by atoms with van der Waals surface area (Å²) in [5, 5.41) is 7.39. The Hall–Kier alpha value is -0.350. The fraction of sp³-hybridized carbons (Fsp3) is 0.444. The molecule has 0 aliphatic carbocycles. The van der Waals surface area contributed by atoms with Gasteiger partial charge in [-0.3, -0.25) is 5.41 Å². The monoisotopic (exact) mass is 261 g/mol. The van der Waals surface area contributed by atoms with Crippen molar-refractivity contribution < 1.29 is 4.74 Å². The zero-order valence-corrected chi connectivity index (χ0v) is 10.0. The van der Waals surface area contributed by atoms with Crippen molar-refractivity contribution in [1.82, 2.24) is 0 Å². The summed E-state index contributed by atoms with van der Waals surface area (Å²) >= 11 is 5.04. The first-order valence-electron chi connectivity index (χ1n) is 4.12. The van der Waals surface area contributed by atoms with Crippen molar-refractivity contribution in [3.05, 3.63) is 20.8 Å². The van der Waals surface area contributed by atoms with Crippen LogP contribution in [-0.2, 0) is 4.74 Å². The predicted octanol–water partition coefficient (Wildman–Crippen LogP) is 3.98. The van der Waals surface area contributed by atoms with Crippen molar-refractivity contribution >= 4 is 33.2 Å². The molecule has 4 heteroatoms. The second kappa shape index (κ2) is 4.77. The molecule has 1 aromatic heterocycles. The first-order valence-corrected chi connectivity index (χ1v) is 5.73. The molecular weight excluding hydrogens is 250 g/mol. The Labute approximate surface area is 90.6 Å². The third-order valence-electron chi connectivity index (χ3n) is 1.63. The molecule has 0 aromatic carbocycles. The third-order valence-corrected chi connectivity index (χ3v) is 3.42. The Morgan fingerprint density at radius 3 is 2.85 bits per heavy atom. The van der Waals surface area contributed by atoms with Gasteiger partial charge in [-0.25, -0.2) is 0 Å². The normalized spacial score (nSPS) is 12.5. The second-order valence-electron chi connectivity index (χ2n) is 2.68. The Balaban J connectivity index is 2.58. The zero-order valence-electron chi connectivity index (χ0n) is 7.63. The van der Waals surface area contributed by atoms with Crippen molar-refractivity contribution in [1.29, 1.82) is 5.41 Å². The second-order valence-corrected chi connectivity index (χ2v) is 5.17. The summed E-state index contributed by atoms with van der Waals surface area (Å²) in [6, 6.07) is 4.01. The maximum Gasteiger partial charge on any atom is 0.180 e. The van der Waals surface area contributed by atoms with Gasteiger partial charge in [-0.15, -0.1) is 11.3 Å². The molecule has 1 rings (SSSR count). The van der Waals surface area contributed by atoms with Gasteiger partial charge in [0.25, 0.3) is 0 Å². The number of ether oxygens (including phenoxy) is 1. The maximum atomic E-state index is 7.39. The average Bonchev–Trinajstić information content (AvgIpc) is 2.51. The van der Waals surface area contributed by atoms with E-state index in [9.17, 15) is 0 Å². The Morgan fingerprint density at radius 2 is 2.38 bits per heavy atom. The van der Waals surface area contributed by atoms with Crippen LogP contribution in [0.25, 0.3) is 0 Å². The van der Waals surface area contributed by atoms with Crippen molar-refractivity contribution in [3.63, 3.8) is 0 Å². The molecule has 2 nitrogen and oxygen atoms in total. The number of hydrogen-bond acceptors (Lipinski definition) is 3. The molecule has 0 bridgehead atoms. The van der Waals surface area contributed by atoms with E-state index in [-0.39, 0.29) is 6.10 Å². The van der Waals surface area contributed by atoms with Gasteiger partial charge in [-0.05, 0) is 35.0 Å². The SMILES string of the molecule is CCC(=N)OC(C)c1ccc(Br)s1. The summed E-state index contributed by atoms with van der Waals surface area (Å²) in [6.45, 7) is 3.88. The summed E-state index contributed by atoms with van der Waals surface area (Å²) < 4.78 is 6.47. The molecule has 1 heterocycles. The Kier molecular flexibility index (Phi) is 3.93. The largest absolute Gasteiger partial charge is 0.473 e. The molecule has 0 spiro atoms. The van der Waals surface area contributed by atoms with Crippen LogP contribution in [0.4, 0.5) is 0 Å². The number of halogens is 1. The molecule has 1 aromatic rings. The van der Waals surface area contributed by atoms with E-state index in [4.69, 9.17) is 10.1 Å². The summed E-state index contributed by atoms with van der Waals surface area (Å²) in [4.78, 5) is 1.14. The van der Waals surface area contributed by atoms with Crippen LogP contribution in [0.3, 0.4) is 0 Å². The minimum Gasteiger partial charge on any atom is -0.473 e. The third kappa shape index (κ3) is 3.12. The summed E-state index contributed by atoms with van der Waals surface area (Å²) in [5.41, 5.74) is 0. The Morgan fingerprint density at radius 1 is 1.69 bits per heavy atom. The van der Waals surface area contributed by atoms with E-state index in [0.29, 0.717) is 12.3 Å². The van der Waals surface area contributed by atoms with E-state index in [2.05, 4.69) is 15.9 Å². The smallest absolute Gasteiger partial charge is 0.180 e. The van der Waals surface area contributed by atoms with Gasteiger partial charge in [0, 0.05) is 11.3 Å². The van der Waals surface area contributed by atoms with E-state index in [1.54, 1.807) is 11.3 Å². The predicted molar refractivity (Wildman–Crippen MR) is 59.5 cm³/mol. The van der Waals surface area contributed by atoms with Gasteiger partial charge < -0.3 is 4.74 Å². The van der Waals surface area contributed by atoms with Crippen LogP contribution in [0.5, 0.6) is 0 Å². The fourth-order valence-corrected chi connectivity index (χ4v) is 2.31. The number of thiophene rings is 1. The van der Waals surface area contributed by atoms with E-state index >= 15 is 0 Å². The van der Waals surface area contributed by atoms with Crippen LogP contribution in [0, 0.1) is 5.41 Å². The molecule has 0 aliphatic heterocycles. The van der Waals surface area contributed by atoms with E-state index in [0.717, 1.165) is 8.66 Å². The summed E-state index contributed by atoms with van der Waals surface area (Å²) in [5.74, 6) is 0.344. The lowest BCUT2D eigenvalue weighted by Gasteiger charge is -2.12. The van der Waals surface area contributed by atoms with Gasteiger partial charge in [0.05, 0.1) is 3.79 Å². The van der Waals surface area contributed by atoms with Crippen LogP contribution < -0.4 is 0 Å². The molecule has 1 atom stereocenters. The van der Waals surface area contributed by atoms with Crippen LogP contribution in [0.2, 0.25) is 0 Å². The van der Waals surface area contributed by atoms with Crippen LogP contribution >= 0.6 is 27.3 Å². The highest BCUT2D eigenvalue weighted by Crippen LogP contribution is 2.29. The van der Waals surface area contributed by atoms with E-state index in [1.807, 2.05) is 26.0 Å². The van der Waals surface area contributed by atoms with Gasteiger partial charge in [-0.2, -0.15) is 0 Å². The topological polar surface area (TPSA) is 33.1 Å². The summed E-state index contributed by atoms with van der Waals surface area (Å²) in [6.07, 6.45) is 0.639. The number of rotatable bonds is 3. The number of hydrogen-bond donors (Lipinski definition) is 1. The molecular formula is C9H12BrNOS. The molecule has 13 heavy (non-hydrogen) atoms. The van der Waals surface area contributed by atoms with Gasteiger partial charge in [-0.1, -0.05) is 6.92 Å². The molecule has 1 unspecified atom stereocenters. The van der Waals surface area contributed by atoms with Gasteiger partial charge in [0.15, 0.2) is 5.90 Å². The van der Waals surface area contributed by atoms with Gasteiger partial charge in [0.1, 0.15) is 6.10 Å². The fourth-order valence-electron chi connectivity index (χ4n) is 0.902. The number of nitrogens with one attached hydrogen (secondary N) is 1. The molecule has 0 fully saturated rings. The lowest BCUT2D eigenvalue weighted by atomic mass is 10.3. The van der Waals surface area contributed by atoms with Crippen molar-refractivity contribution in [3.8, 4) is 0 Å². The van der Waals surface area contributed by atoms with E-state index in [1.165, 1.54) is 0 Å². The van der Waals surface area contributed by atoms with Gasteiger partial charge >= 0.3 is 0 Å². The highest BCUT2D eigenvalue weighted by Gasteiger charge is 2.09. The van der Waals surface area contributed by atoms with Crippen molar-refractivity contribution in [2.45, 2.75) is 26.4 Å². The molecule has 0 amide bonds. The molecule has 0 saturated heterocycles. The lowest BCUT2D eigenvalue weighted by molar-refractivity contribution is 0.208. The average molecular weight is 262 g/mol. The summed E-state index contributed by atoms with van der Waals surface area (Å²) in [7, 11) is 0. The maximum absolute atomic E-state index is 7.39.